The summed E-state index contributed by atoms with van der Waals surface area (Å²) in [6.45, 7) is 5.32. The molecule has 0 saturated heterocycles. The largest absolute Gasteiger partial charge is 0.382 e. The van der Waals surface area contributed by atoms with Gasteiger partial charge in [0.05, 0.1) is 12.4 Å². The second kappa shape index (κ2) is 5.65. The Morgan fingerprint density at radius 2 is 2.06 bits per heavy atom. The number of nitrogen functional groups attached to an aromatic ring is 1. The first-order chi connectivity index (χ1) is 7.49. The maximum Gasteiger partial charge on any atom is 0.147 e. The Bertz CT molecular complexity index is 324. The van der Waals surface area contributed by atoms with Crippen molar-refractivity contribution in [2.75, 3.05) is 31.7 Å². The molecule has 5 nitrogen and oxygen atoms in total. The number of aromatic nitrogens is 2. The van der Waals surface area contributed by atoms with Crippen LogP contribution in [0.25, 0.3) is 0 Å². The summed E-state index contributed by atoms with van der Waals surface area (Å²) >= 11 is 0. The lowest BCUT2D eigenvalue weighted by Gasteiger charge is -2.25. The van der Waals surface area contributed by atoms with Crippen LogP contribution in [0.4, 0.5) is 11.6 Å². The number of nitrogens with two attached hydrogens (primary N) is 1. The van der Waals surface area contributed by atoms with E-state index in [9.17, 15) is 0 Å². The molecule has 90 valence electrons. The van der Waals surface area contributed by atoms with Crippen LogP contribution in [-0.4, -0.2) is 41.5 Å². The minimum absolute atomic E-state index is 0.339. The van der Waals surface area contributed by atoms with E-state index in [1.807, 2.05) is 0 Å². The molecule has 1 unspecified atom stereocenters. The van der Waals surface area contributed by atoms with E-state index in [1.54, 1.807) is 12.4 Å². The van der Waals surface area contributed by atoms with Crippen LogP contribution in [0.2, 0.25) is 0 Å². The molecular formula is C11H21N5. The van der Waals surface area contributed by atoms with Crippen LogP contribution in [0.5, 0.6) is 0 Å². The quantitative estimate of drug-likeness (QED) is 0.781. The molecule has 3 N–H and O–H groups in total. The van der Waals surface area contributed by atoms with Crippen LogP contribution in [0.15, 0.2) is 12.4 Å². The van der Waals surface area contributed by atoms with Gasteiger partial charge in [-0.25, -0.2) is 4.98 Å². The van der Waals surface area contributed by atoms with E-state index in [0.717, 1.165) is 12.4 Å². The number of anilines is 2. The highest BCUT2D eigenvalue weighted by atomic mass is 15.1. The van der Waals surface area contributed by atoms with Crippen LogP contribution in [0, 0.1) is 5.92 Å². The van der Waals surface area contributed by atoms with Crippen molar-refractivity contribution in [2.45, 2.75) is 19.9 Å². The third kappa shape index (κ3) is 4.02. The zero-order valence-corrected chi connectivity index (χ0v) is 10.4. The van der Waals surface area contributed by atoms with Crippen molar-refractivity contribution in [3.63, 3.8) is 0 Å². The molecule has 0 aliphatic rings. The fourth-order valence-corrected chi connectivity index (χ4v) is 1.46. The van der Waals surface area contributed by atoms with Crippen molar-refractivity contribution in [1.29, 1.82) is 0 Å². The molecule has 0 fully saturated rings. The van der Waals surface area contributed by atoms with E-state index in [1.165, 1.54) is 0 Å². The Morgan fingerprint density at radius 1 is 1.38 bits per heavy atom. The van der Waals surface area contributed by atoms with Crippen LogP contribution in [0.3, 0.4) is 0 Å². The van der Waals surface area contributed by atoms with Gasteiger partial charge in [0.15, 0.2) is 0 Å². The van der Waals surface area contributed by atoms with Gasteiger partial charge in [0.25, 0.3) is 0 Å². The van der Waals surface area contributed by atoms with Gasteiger partial charge in [-0.3, -0.25) is 4.98 Å². The second-order valence-corrected chi connectivity index (χ2v) is 4.59. The summed E-state index contributed by atoms with van der Waals surface area (Å²) in [5.74, 6) is 1.70. The maximum absolute atomic E-state index is 5.59. The summed E-state index contributed by atoms with van der Waals surface area (Å²) in [5.41, 5.74) is 5.59. The van der Waals surface area contributed by atoms with Gasteiger partial charge in [-0.05, 0) is 20.0 Å². The minimum Gasteiger partial charge on any atom is -0.382 e. The van der Waals surface area contributed by atoms with Crippen LogP contribution >= 0.6 is 0 Å². The van der Waals surface area contributed by atoms with Crippen molar-refractivity contribution < 1.29 is 0 Å². The number of hydrogen-bond donors (Lipinski definition) is 2. The standard InChI is InChI=1S/C11H21N5/c1-8(2)9(7-16(3)4)14-11-6-13-5-10(12)15-11/h5-6,8-9H,7H2,1-4H3,(H3,12,14,15). The number of likely N-dealkylation sites (N-methyl/N-ethyl adjacent to an activating group) is 1. The molecule has 1 atom stereocenters. The zero-order chi connectivity index (χ0) is 12.1. The molecule has 0 saturated carbocycles. The van der Waals surface area contributed by atoms with Crippen LogP contribution < -0.4 is 11.1 Å². The first-order valence-electron chi connectivity index (χ1n) is 5.48. The van der Waals surface area contributed by atoms with Crippen molar-refractivity contribution in [3.05, 3.63) is 12.4 Å². The number of rotatable bonds is 5. The van der Waals surface area contributed by atoms with Crippen molar-refractivity contribution in [2.24, 2.45) is 5.92 Å². The monoisotopic (exact) mass is 223 g/mol. The van der Waals surface area contributed by atoms with Gasteiger partial charge in [-0.2, -0.15) is 0 Å². The maximum atomic E-state index is 5.59. The Labute approximate surface area is 97.1 Å². The van der Waals surface area contributed by atoms with Gasteiger partial charge < -0.3 is 16.0 Å². The molecule has 1 aromatic heterocycles. The Kier molecular flexibility index (Phi) is 4.49. The third-order valence-corrected chi connectivity index (χ3v) is 2.35. The van der Waals surface area contributed by atoms with E-state index >= 15 is 0 Å². The highest BCUT2D eigenvalue weighted by Gasteiger charge is 2.14. The summed E-state index contributed by atoms with van der Waals surface area (Å²) in [6, 6.07) is 0.339. The fraction of sp³-hybridized carbons (Fsp3) is 0.636. The lowest BCUT2D eigenvalue weighted by molar-refractivity contribution is 0.344. The second-order valence-electron chi connectivity index (χ2n) is 4.59. The van der Waals surface area contributed by atoms with Gasteiger partial charge >= 0.3 is 0 Å². The molecule has 1 rings (SSSR count). The molecule has 0 aliphatic heterocycles. The smallest absolute Gasteiger partial charge is 0.147 e. The van der Waals surface area contributed by atoms with Crippen LogP contribution in [0.1, 0.15) is 13.8 Å². The topological polar surface area (TPSA) is 67.1 Å². The summed E-state index contributed by atoms with van der Waals surface area (Å²) in [4.78, 5) is 10.4. The van der Waals surface area contributed by atoms with E-state index in [0.29, 0.717) is 17.8 Å². The molecule has 1 heterocycles. The van der Waals surface area contributed by atoms with Gasteiger partial charge in [-0.1, -0.05) is 13.8 Å². The van der Waals surface area contributed by atoms with Gasteiger partial charge in [0, 0.05) is 12.6 Å². The Balaban J connectivity index is 2.68. The summed E-state index contributed by atoms with van der Waals surface area (Å²) in [7, 11) is 4.12. The van der Waals surface area contributed by atoms with E-state index < -0.39 is 0 Å². The molecule has 0 radical (unpaired) electrons. The molecule has 1 aromatic rings. The SMILES string of the molecule is CC(C)C(CN(C)C)Nc1cncc(N)n1. The minimum atomic E-state index is 0.339. The number of nitrogens with zero attached hydrogens (tertiary/aromatic N) is 3. The lowest BCUT2D eigenvalue weighted by Crippen LogP contribution is -2.36. The molecule has 0 aliphatic carbocycles. The van der Waals surface area contributed by atoms with E-state index in [4.69, 9.17) is 5.73 Å². The summed E-state index contributed by atoms with van der Waals surface area (Å²) in [5, 5.41) is 3.36. The van der Waals surface area contributed by atoms with E-state index in [-0.39, 0.29) is 0 Å². The molecular weight excluding hydrogens is 202 g/mol. The van der Waals surface area contributed by atoms with E-state index in [2.05, 4.69) is 48.1 Å². The van der Waals surface area contributed by atoms with Crippen LogP contribution in [-0.2, 0) is 0 Å². The predicted molar refractivity (Wildman–Crippen MR) is 67.2 cm³/mol. The van der Waals surface area contributed by atoms with Crippen molar-refractivity contribution >= 4 is 11.6 Å². The number of hydrogen-bond acceptors (Lipinski definition) is 5. The average Bonchev–Trinajstić information content (AvgIpc) is 2.15. The van der Waals surface area contributed by atoms with Crippen molar-refractivity contribution in [1.82, 2.24) is 14.9 Å². The highest BCUT2D eigenvalue weighted by molar-refractivity contribution is 5.39. The Morgan fingerprint density at radius 3 is 2.56 bits per heavy atom. The molecule has 0 bridgehead atoms. The summed E-state index contributed by atoms with van der Waals surface area (Å²) in [6.07, 6.45) is 3.24. The summed E-state index contributed by atoms with van der Waals surface area (Å²) < 4.78 is 0. The molecule has 5 heteroatoms. The van der Waals surface area contributed by atoms with Gasteiger partial charge in [0.1, 0.15) is 11.6 Å². The number of nitrogens with one attached hydrogen (secondary N) is 1. The lowest BCUT2D eigenvalue weighted by atomic mass is 10.0. The molecule has 0 amide bonds. The normalized spacial score (nSPS) is 13.1. The first-order valence-corrected chi connectivity index (χ1v) is 5.48. The highest BCUT2D eigenvalue weighted by Crippen LogP contribution is 2.11. The average molecular weight is 223 g/mol. The molecule has 16 heavy (non-hydrogen) atoms. The zero-order valence-electron chi connectivity index (χ0n) is 10.4. The Hall–Kier alpha value is -1.36. The molecule has 0 spiro atoms. The van der Waals surface area contributed by atoms with Crippen molar-refractivity contribution in [3.8, 4) is 0 Å². The fourth-order valence-electron chi connectivity index (χ4n) is 1.46. The third-order valence-electron chi connectivity index (χ3n) is 2.35. The predicted octanol–water partition coefficient (Wildman–Crippen LogP) is 1.06. The first kappa shape index (κ1) is 12.7. The van der Waals surface area contributed by atoms with Gasteiger partial charge in [0.2, 0.25) is 0 Å². The molecule has 0 aromatic carbocycles. The van der Waals surface area contributed by atoms with Gasteiger partial charge in [-0.15, -0.1) is 0 Å².